The van der Waals surface area contributed by atoms with Crippen LogP contribution in [-0.2, 0) is 24.0 Å². The molecule has 1 heterocycles. The number of rotatable bonds is 13. The van der Waals surface area contributed by atoms with Crippen molar-refractivity contribution >= 4 is 29.6 Å². The van der Waals surface area contributed by atoms with Gasteiger partial charge in [-0.15, -0.1) is 0 Å². The van der Waals surface area contributed by atoms with E-state index in [1.165, 1.54) is 4.90 Å². The van der Waals surface area contributed by atoms with Crippen molar-refractivity contribution in [3.05, 3.63) is 0 Å². The lowest BCUT2D eigenvalue weighted by molar-refractivity contribution is -0.149. The average molecular weight is 444 g/mol. The van der Waals surface area contributed by atoms with Gasteiger partial charge in [0, 0.05) is 6.54 Å². The highest BCUT2D eigenvalue weighted by Gasteiger charge is 2.38. The predicted molar refractivity (Wildman–Crippen MR) is 108 cm³/mol. The molecule has 13 heteroatoms. The lowest BCUT2D eigenvalue weighted by atomic mass is 10.1. The summed E-state index contributed by atoms with van der Waals surface area (Å²) in [4.78, 5) is 61.7. The number of likely N-dealkylation sites (tertiary alicyclic amines) is 1. The minimum Gasteiger partial charge on any atom is -0.480 e. The Kier molecular flexibility index (Phi) is 10.9. The lowest BCUT2D eigenvalue weighted by Crippen LogP contribution is -2.58. The molecule has 13 nitrogen and oxygen atoms in total. The molecule has 31 heavy (non-hydrogen) atoms. The zero-order valence-corrected chi connectivity index (χ0v) is 17.3. The summed E-state index contributed by atoms with van der Waals surface area (Å²) in [6.45, 7) is -0.0654. The highest BCUT2D eigenvalue weighted by Crippen LogP contribution is 2.20. The molecule has 1 aliphatic heterocycles. The number of hydrogen-bond donors (Lipinski definition) is 7. The van der Waals surface area contributed by atoms with Crippen LogP contribution in [0.25, 0.3) is 0 Å². The first-order valence-electron chi connectivity index (χ1n) is 10.1. The van der Waals surface area contributed by atoms with E-state index in [-0.39, 0.29) is 13.0 Å². The summed E-state index contributed by atoms with van der Waals surface area (Å²) >= 11 is 0. The number of amides is 4. The molecule has 1 aliphatic rings. The molecule has 4 unspecified atom stereocenters. The molecule has 0 saturated carbocycles. The number of unbranched alkanes of at least 4 members (excludes halogenated alkanes) is 1. The van der Waals surface area contributed by atoms with E-state index >= 15 is 0 Å². The van der Waals surface area contributed by atoms with Crippen LogP contribution in [0.4, 0.5) is 0 Å². The number of primary amides is 1. The zero-order valence-electron chi connectivity index (χ0n) is 17.3. The zero-order chi connectivity index (χ0) is 23.6. The van der Waals surface area contributed by atoms with Gasteiger partial charge in [-0.3, -0.25) is 19.2 Å². The maximum Gasteiger partial charge on any atom is 0.326 e. The van der Waals surface area contributed by atoms with Gasteiger partial charge in [0.1, 0.15) is 24.2 Å². The van der Waals surface area contributed by atoms with E-state index in [1.807, 2.05) is 0 Å². The topological polar surface area (TPSA) is 231 Å². The van der Waals surface area contributed by atoms with Crippen LogP contribution in [0.5, 0.6) is 0 Å². The number of aliphatic hydroxyl groups excluding tert-OH is 1. The van der Waals surface area contributed by atoms with Gasteiger partial charge in [0.25, 0.3) is 0 Å². The normalized spacial score (nSPS) is 18.7. The maximum absolute atomic E-state index is 13.0. The van der Waals surface area contributed by atoms with Crippen LogP contribution in [0.1, 0.15) is 38.5 Å². The number of carbonyl (C=O) groups excluding carboxylic acids is 4. The van der Waals surface area contributed by atoms with Gasteiger partial charge in [-0.05, 0) is 38.6 Å². The van der Waals surface area contributed by atoms with Gasteiger partial charge in [-0.25, -0.2) is 4.79 Å². The van der Waals surface area contributed by atoms with Crippen LogP contribution in [0.3, 0.4) is 0 Å². The molecule has 10 N–H and O–H groups in total. The number of nitrogens with one attached hydrogen (secondary N) is 2. The van der Waals surface area contributed by atoms with E-state index < -0.39 is 66.8 Å². The van der Waals surface area contributed by atoms with E-state index in [1.54, 1.807) is 0 Å². The quantitative estimate of drug-likeness (QED) is 0.139. The molecule has 0 aliphatic carbocycles. The highest BCUT2D eigenvalue weighted by molar-refractivity contribution is 5.96. The van der Waals surface area contributed by atoms with Crippen molar-refractivity contribution in [2.75, 3.05) is 19.7 Å². The minimum absolute atomic E-state index is 0.192. The van der Waals surface area contributed by atoms with Crippen LogP contribution in [0.2, 0.25) is 0 Å². The highest BCUT2D eigenvalue weighted by atomic mass is 16.4. The summed E-state index contributed by atoms with van der Waals surface area (Å²) in [6.07, 6.45) is 1.53. The molecule has 0 aromatic carbocycles. The van der Waals surface area contributed by atoms with Crippen LogP contribution >= 0.6 is 0 Å². The van der Waals surface area contributed by atoms with Crippen molar-refractivity contribution in [1.82, 2.24) is 15.5 Å². The molecule has 1 rings (SSSR count). The molecule has 0 aromatic rings. The Hall–Kier alpha value is -2.77. The van der Waals surface area contributed by atoms with Crippen molar-refractivity contribution < 1.29 is 34.2 Å². The first kappa shape index (κ1) is 26.3. The molecule has 0 spiro atoms. The summed E-state index contributed by atoms with van der Waals surface area (Å²) in [7, 11) is 0. The molecule has 0 bridgehead atoms. The SMILES string of the molecule is NCCCCC(NC(=O)C(CC(N)=O)NC(=O)C(N)CO)C(=O)N1CCCC1C(=O)O. The molecule has 176 valence electrons. The third kappa shape index (κ3) is 8.11. The first-order valence-corrected chi connectivity index (χ1v) is 10.1. The second-order valence-electron chi connectivity index (χ2n) is 7.39. The van der Waals surface area contributed by atoms with Gasteiger partial charge in [0.2, 0.25) is 23.6 Å². The van der Waals surface area contributed by atoms with Gasteiger partial charge in [0.15, 0.2) is 0 Å². The summed E-state index contributed by atoms with van der Waals surface area (Å²) < 4.78 is 0. The lowest BCUT2D eigenvalue weighted by Gasteiger charge is -2.28. The number of carbonyl (C=O) groups is 5. The number of hydrogen-bond acceptors (Lipinski definition) is 8. The first-order chi connectivity index (χ1) is 14.6. The largest absolute Gasteiger partial charge is 0.480 e. The van der Waals surface area contributed by atoms with Crippen molar-refractivity contribution in [3.63, 3.8) is 0 Å². The number of nitrogens with two attached hydrogens (primary N) is 3. The second kappa shape index (κ2) is 12.8. The van der Waals surface area contributed by atoms with E-state index in [0.29, 0.717) is 32.2 Å². The van der Waals surface area contributed by atoms with Crippen molar-refractivity contribution in [2.45, 2.75) is 62.7 Å². The standard InChI is InChI=1S/C18H32N6O7/c19-6-2-1-4-11(17(29)24-7-3-5-13(24)18(30)31)22-16(28)12(8-14(21)26)23-15(27)10(20)9-25/h10-13,25H,1-9,19-20H2,(H2,21,26)(H,22,28)(H,23,27)(H,30,31). The fraction of sp³-hybridized carbons (Fsp3) is 0.722. The number of carboxylic acids is 1. The van der Waals surface area contributed by atoms with Crippen LogP contribution < -0.4 is 27.8 Å². The third-order valence-electron chi connectivity index (χ3n) is 4.95. The van der Waals surface area contributed by atoms with Crippen LogP contribution in [0, 0.1) is 0 Å². The number of aliphatic hydroxyl groups is 1. The van der Waals surface area contributed by atoms with Gasteiger partial charge < -0.3 is 42.9 Å². The smallest absolute Gasteiger partial charge is 0.326 e. The van der Waals surface area contributed by atoms with E-state index in [0.717, 1.165) is 0 Å². The fourth-order valence-electron chi connectivity index (χ4n) is 3.28. The summed E-state index contributed by atoms with van der Waals surface area (Å²) in [5.41, 5.74) is 16.0. The Balaban J connectivity index is 2.99. The van der Waals surface area contributed by atoms with Gasteiger partial charge in [-0.1, -0.05) is 0 Å². The average Bonchev–Trinajstić information content (AvgIpc) is 3.21. The van der Waals surface area contributed by atoms with Crippen LogP contribution in [-0.4, -0.2) is 88.6 Å². The van der Waals surface area contributed by atoms with Gasteiger partial charge in [0.05, 0.1) is 13.0 Å². The molecule has 0 aromatic heterocycles. The Labute approximate surface area is 179 Å². The van der Waals surface area contributed by atoms with Gasteiger partial charge in [-0.2, -0.15) is 0 Å². The van der Waals surface area contributed by atoms with E-state index in [4.69, 9.17) is 22.3 Å². The summed E-state index contributed by atoms with van der Waals surface area (Å²) in [6, 6.07) is -4.78. The molecule has 0 radical (unpaired) electrons. The summed E-state index contributed by atoms with van der Waals surface area (Å²) in [5, 5.41) is 23.0. The van der Waals surface area contributed by atoms with Crippen molar-refractivity contribution in [1.29, 1.82) is 0 Å². The Morgan fingerprint density at radius 2 is 1.71 bits per heavy atom. The molecular formula is C18H32N6O7. The summed E-state index contributed by atoms with van der Waals surface area (Å²) in [5.74, 6) is -4.30. The van der Waals surface area contributed by atoms with Crippen molar-refractivity contribution in [3.8, 4) is 0 Å². The molecule has 1 fully saturated rings. The number of nitrogens with zero attached hydrogens (tertiary/aromatic N) is 1. The third-order valence-corrected chi connectivity index (χ3v) is 4.95. The number of carboxylic acid groups (broad SMARTS) is 1. The van der Waals surface area contributed by atoms with Gasteiger partial charge >= 0.3 is 5.97 Å². The Bertz CT molecular complexity index is 674. The molecule has 4 amide bonds. The fourth-order valence-corrected chi connectivity index (χ4v) is 3.28. The number of aliphatic carboxylic acids is 1. The Morgan fingerprint density at radius 3 is 2.26 bits per heavy atom. The maximum atomic E-state index is 13.0. The molecular weight excluding hydrogens is 412 g/mol. The predicted octanol–water partition coefficient (Wildman–Crippen LogP) is -3.64. The minimum atomic E-state index is -1.42. The monoisotopic (exact) mass is 444 g/mol. The van der Waals surface area contributed by atoms with Crippen LogP contribution in [0.15, 0.2) is 0 Å². The van der Waals surface area contributed by atoms with E-state index in [2.05, 4.69) is 10.6 Å². The molecule has 1 saturated heterocycles. The molecule has 4 atom stereocenters. The second-order valence-corrected chi connectivity index (χ2v) is 7.39. The van der Waals surface area contributed by atoms with Crippen molar-refractivity contribution in [2.24, 2.45) is 17.2 Å². The Morgan fingerprint density at radius 1 is 1.06 bits per heavy atom. The van der Waals surface area contributed by atoms with E-state index in [9.17, 15) is 29.1 Å².